The number of halogens is 1. The lowest BCUT2D eigenvalue weighted by Crippen LogP contribution is -2.23. The Bertz CT molecular complexity index is 1320. The number of aromatic nitrogens is 2. The molecule has 1 N–H and O–H groups in total. The van der Waals surface area contributed by atoms with Gasteiger partial charge in [-0.25, -0.2) is 4.98 Å². The summed E-state index contributed by atoms with van der Waals surface area (Å²) in [4.78, 5) is 22.6. The second kappa shape index (κ2) is 11.1. The molecule has 0 saturated carbocycles. The normalized spacial score (nSPS) is 10.4. The first-order chi connectivity index (χ1) is 16.7. The third-order valence-corrected chi connectivity index (χ3v) is 5.72. The number of anilines is 2. The van der Waals surface area contributed by atoms with Gasteiger partial charge in [0.25, 0.3) is 0 Å². The van der Waals surface area contributed by atoms with Crippen LogP contribution in [0.3, 0.4) is 0 Å². The van der Waals surface area contributed by atoms with Gasteiger partial charge in [0.1, 0.15) is 0 Å². The maximum absolute atomic E-state index is 12.0. The van der Waals surface area contributed by atoms with Crippen molar-refractivity contribution >= 4 is 29.5 Å². The summed E-state index contributed by atoms with van der Waals surface area (Å²) in [5.41, 5.74) is 4.47. The maximum atomic E-state index is 12.0. The molecule has 2 aromatic carbocycles. The molecule has 1 amide bonds. The minimum Gasteiger partial charge on any atom is -0.368 e. The topological polar surface area (TPSA) is 81.9 Å². The molecule has 4 aromatic rings. The highest BCUT2D eigenvalue weighted by molar-refractivity contribution is 6.31. The Balaban J connectivity index is 1.67. The van der Waals surface area contributed by atoms with Crippen LogP contribution in [0.25, 0.3) is 11.3 Å². The number of carbonyl (C=O) groups excluding carboxylic acids is 1. The molecule has 0 aliphatic carbocycles. The molecular formula is C27H22ClN5O. The maximum Gasteiger partial charge on any atom is 0.214 e. The molecule has 2 heterocycles. The molecule has 0 atom stereocenters. The van der Waals surface area contributed by atoms with Crippen molar-refractivity contribution in [2.45, 2.75) is 13.0 Å². The van der Waals surface area contributed by atoms with Crippen molar-refractivity contribution in [3.05, 3.63) is 107 Å². The Morgan fingerprint density at radius 1 is 1.03 bits per heavy atom. The van der Waals surface area contributed by atoms with Crippen LogP contribution in [0.15, 0.2) is 85.2 Å². The number of carbonyl (C=O) groups is 1. The molecule has 6 nitrogen and oxygen atoms in total. The predicted molar refractivity (Wildman–Crippen MR) is 135 cm³/mol. The Hall–Kier alpha value is -4.21. The zero-order chi connectivity index (χ0) is 23.8. The van der Waals surface area contributed by atoms with E-state index in [1.54, 1.807) is 23.4 Å². The first-order valence-electron chi connectivity index (χ1n) is 10.8. The monoisotopic (exact) mass is 467 g/mol. The zero-order valence-electron chi connectivity index (χ0n) is 18.4. The zero-order valence-corrected chi connectivity index (χ0v) is 19.1. The van der Waals surface area contributed by atoms with Gasteiger partial charge in [0, 0.05) is 29.5 Å². The van der Waals surface area contributed by atoms with E-state index in [0.29, 0.717) is 47.3 Å². The highest BCUT2D eigenvalue weighted by Gasteiger charge is 2.16. The predicted octanol–water partition coefficient (Wildman–Crippen LogP) is 5.49. The molecule has 0 saturated heterocycles. The molecule has 0 fully saturated rings. The average Bonchev–Trinajstić information content (AvgIpc) is 2.89. The first kappa shape index (κ1) is 23.0. The van der Waals surface area contributed by atoms with Gasteiger partial charge in [-0.05, 0) is 47.9 Å². The molecule has 4 rings (SSSR count). The lowest BCUT2D eigenvalue weighted by Gasteiger charge is -2.22. The number of nitrogens with one attached hydrogen (secondary N) is 1. The number of nitrogens with zero attached hydrogens (tertiary/aromatic N) is 4. The van der Waals surface area contributed by atoms with Gasteiger partial charge >= 0.3 is 0 Å². The first-order valence-corrected chi connectivity index (χ1v) is 11.2. The molecule has 0 aliphatic rings. The van der Waals surface area contributed by atoms with Crippen molar-refractivity contribution in [2.75, 3.05) is 16.8 Å². The van der Waals surface area contributed by atoms with E-state index in [4.69, 9.17) is 16.6 Å². The van der Waals surface area contributed by atoms with Gasteiger partial charge in [0.15, 0.2) is 5.82 Å². The van der Waals surface area contributed by atoms with Crippen LogP contribution in [-0.2, 0) is 17.8 Å². The Morgan fingerprint density at radius 2 is 1.85 bits per heavy atom. The molecule has 168 valence electrons. The van der Waals surface area contributed by atoms with Gasteiger partial charge in [-0.1, -0.05) is 54.1 Å². The molecule has 0 spiro atoms. The van der Waals surface area contributed by atoms with Crippen LogP contribution in [0.5, 0.6) is 0 Å². The Morgan fingerprint density at radius 3 is 2.62 bits per heavy atom. The Kier molecular flexibility index (Phi) is 7.49. The number of amides is 1. The number of benzene rings is 2. The quantitative estimate of drug-likeness (QED) is 0.329. The number of hydrogen-bond donors (Lipinski definition) is 1. The third-order valence-electron chi connectivity index (χ3n) is 5.35. The van der Waals surface area contributed by atoms with Crippen LogP contribution in [-0.4, -0.2) is 22.9 Å². The number of rotatable bonds is 9. The van der Waals surface area contributed by atoms with Gasteiger partial charge in [-0.2, -0.15) is 5.26 Å². The largest absolute Gasteiger partial charge is 0.368 e. The van der Waals surface area contributed by atoms with Gasteiger partial charge in [0.05, 0.1) is 29.6 Å². The van der Waals surface area contributed by atoms with Crippen LogP contribution in [0, 0.1) is 11.3 Å². The summed E-state index contributed by atoms with van der Waals surface area (Å²) in [6.07, 6.45) is 4.89. The summed E-state index contributed by atoms with van der Waals surface area (Å²) in [5, 5.41) is 13.6. The van der Waals surface area contributed by atoms with Crippen molar-refractivity contribution in [2.24, 2.45) is 0 Å². The smallest absolute Gasteiger partial charge is 0.214 e. The standard InChI is InChI=1S/C27H22ClN5O/c28-24-10-4-2-7-21(24)13-15-31-27-26(33(19-34)18-20-6-5-14-30-17-20)12-11-25(32-27)23-9-3-1-8-22(23)16-29/h1-12,14,17,19H,13,15,18H2,(H,31,32). The van der Waals surface area contributed by atoms with E-state index in [9.17, 15) is 10.1 Å². The highest BCUT2D eigenvalue weighted by atomic mass is 35.5. The fraction of sp³-hybridized carbons (Fsp3) is 0.111. The van der Waals surface area contributed by atoms with Crippen LogP contribution in [0.1, 0.15) is 16.7 Å². The minimum atomic E-state index is 0.354. The number of pyridine rings is 2. The summed E-state index contributed by atoms with van der Waals surface area (Å²) >= 11 is 6.30. The van der Waals surface area contributed by atoms with Crippen molar-refractivity contribution in [1.82, 2.24) is 9.97 Å². The minimum absolute atomic E-state index is 0.354. The molecule has 0 radical (unpaired) electrons. The summed E-state index contributed by atoms with van der Waals surface area (Å²) < 4.78 is 0. The molecule has 0 bridgehead atoms. The summed E-state index contributed by atoms with van der Waals surface area (Å²) in [6.45, 7) is 0.916. The van der Waals surface area contributed by atoms with E-state index >= 15 is 0 Å². The number of hydrogen-bond acceptors (Lipinski definition) is 5. The van der Waals surface area contributed by atoms with Crippen LogP contribution < -0.4 is 10.2 Å². The van der Waals surface area contributed by atoms with Gasteiger partial charge in [-0.3, -0.25) is 9.78 Å². The third kappa shape index (κ3) is 5.40. The summed E-state index contributed by atoms with van der Waals surface area (Å²) in [6, 6.07) is 24.6. The molecule has 2 aromatic heterocycles. The van der Waals surface area contributed by atoms with E-state index in [2.05, 4.69) is 16.4 Å². The van der Waals surface area contributed by atoms with E-state index in [-0.39, 0.29) is 0 Å². The molecule has 0 aliphatic heterocycles. The molecular weight excluding hydrogens is 446 g/mol. The van der Waals surface area contributed by atoms with E-state index < -0.39 is 0 Å². The second-order valence-corrected chi connectivity index (χ2v) is 7.99. The highest BCUT2D eigenvalue weighted by Crippen LogP contribution is 2.30. The lowest BCUT2D eigenvalue weighted by atomic mass is 10.0. The average molecular weight is 468 g/mol. The summed E-state index contributed by atoms with van der Waals surface area (Å²) in [7, 11) is 0. The van der Waals surface area contributed by atoms with Crippen molar-refractivity contribution in [1.29, 1.82) is 5.26 Å². The van der Waals surface area contributed by atoms with Crippen molar-refractivity contribution < 1.29 is 4.79 Å². The van der Waals surface area contributed by atoms with E-state index in [1.807, 2.05) is 66.7 Å². The van der Waals surface area contributed by atoms with Gasteiger partial charge in [0.2, 0.25) is 6.41 Å². The molecule has 7 heteroatoms. The van der Waals surface area contributed by atoms with Crippen LogP contribution in [0.4, 0.5) is 11.5 Å². The molecule has 34 heavy (non-hydrogen) atoms. The van der Waals surface area contributed by atoms with E-state index in [0.717, 1.165) is 23.1 Å². The second-order valence-electron chi connectivity index (χ2n) is 7.58. The number of nitriles is 1. The van der Waals surface area contributed by atoms with Gasteiger partial charge < -0.3 is 10.2 Å². The Labute approximate surface area is 203 Å². The van der Waals surface area contributed by atoms with Crippen LogP contribution >= 0.6 is 11.6 Å². The fourth-order valence-electron chi connectivity index (χ4n) is 3.65. The fourth-order valence-corrected chi connectivity index (χ4v) is 3.88. The lowest BCUT2D eigenvalue weighted by molar-refractivity contribution is -0.107. The molecule has 0 unspecified atom stereocenters. The van der Waals surface area contributed by atoms with E-state index in [1.165, 1.54) is 0 Å². The van der Waals surface area contributed by atoms with Crippen LogP contribution in [0.2, 0.25) is 5.02 Å². The van der Waals surface area contributed by atoms with Crippen molar-refractivity contribution in [3.8, 4) is 17.3 Å². The van der Waals surface area contributed by atoms with Crippen molar-refractivity contribution in [3.63, 3.8) is 0 Å². The SMILES string of the molecule is N#Cc1ccccc1-c1ccc(N(C=O)Cc2cccnc2)c(NCCc2ccccc2Cl)n1. The van der Waals surface area contributed by atoms with Gasteiger partial charge in [-0.15, -0.1) is 0 Å². The summed E-state index contributed by atoms with van der Waals surface area (Å²) in [5.74, 6) is 0.549.